The molecule has 0 aliphatic carbocycles. The van der Waals surface area contributed by atoms with Crippen LogP contribution in [0.3, 0.4) is 0 Å². The summed E-state index contributed by atoms with van der Waals surface area (Å²) in [6.07, 6.45) is 7.62. The molecular weight excluding hydrogens is 270 g/mol. The number of nitrogens with one attached hydrogen (secondary N) is 2. The predicted octanol–water partition coefficient (Wildman–Crippen LogP) is 3.73. The van der Waals surface area contributed by atoms with Gasteiger partial charge in [0.05, 0.1) is 5.69 Å². The molecule has 0 radical (unpaired) electrons. The Kier molecular flexibility index (Phi) is 3.20. The highest BCUT2D eigenvalue weighted by Crippen LogP contribution is 2.23. The van der Waals surface area contributed by atoms with Gasteiger partial charge in [0.25, 0.3) is 0 Å². The Balaban J connectivity index is 1.62. The van der Waals surface area contributed by atoms with Crippen molar-refractivity contribution in [3.8, 4) is 0 Å². The van der Waals surface area contributed by atoms with Gasteiger partial charge in [0.1, 0.15) is 0 Å². The van der Waals surface area contributed by atoms with Crippen molar-refractivity contribution in [1.29, 1.82) is 0 Å². The van der Waals surface area contributed by atoms with Crippen molar-refractivity contribution < 1.29 is 0 Å². The number of aryl methyl sites for hydroxylation is 1. The van der Waals surface area contributed by atoms with E-state index in [-0.39, 0.29) is 6.04 Å². The van der Waals surface area contributed by atoms with Crippen molar-refractivity contribution in [2.24, 2.45) is 7.05 Å². The maximum atomic E-state index is 3.41. The van der Waals surface area contributed by atoms with E-state index in [9.17, 15) is 0 Å². The lowest BCUT2D eigenvalue weighted by molar-refractivity contribution is 0.662. The van der Waals surface area contributed by atoms with Crippen LogP contribution in [0.2, 0.25) is 0 Å². The average Bonchev–Trinajstić information content (AvgIpc) is 2.74. The number of fused-ring (bicyclic) bond motifs is 2. The van der Waals surface area contributed by atoms with Gasteiger partial charge in [0, 0.05) is 30.2 Å². The zero-order valence-electron chi connectivity index (χ0n) is 12.6. The van der Waals surface area contributed by atoms with Gasteiger partial charge in [-0.25, -0.2) is 5.43 Å². The maximum absolute atomic E-state index is 3.41. The van der Waals surface area contributed by atoms with Crippen LogP contribution < -0.4 is 10.9 Å². The molecule has 0 bridgehead atoms. The third kappa shape index (κ3) is 2.30. The summed E-state index contributed by atoms with van der Waals surface area (Å²) in [6.45, 7) is 0. The van der Waals surface area contributed by atoms with Gasteiger partial charge in [-0.3, -0.25) is 0 Å². The van der Waals surface area contributed by atoms with Gasteiger partial charge in [-0.1, -0.05) is 48.6 Å². The largest absolute Gasteiger partial charge is 0.350 e. The number of hydrogen-bond acceptors (Lipinski definition) is 2. The van der Waals surface area contributed by atoms with E-state index in [2.05, 4.69) is 83.3 Å². The molecule has 3 aromatic rings. The molecular formula is C19H19N3. The zero-order chi connectivity index (χ0) is 14.9. The third-order valence-corrected chi connectivity index (χ3v) is 4.28. The van der Waals surface area contributed by atoms with Crippen LogP contribution in [0, 0.1) is 0 Å². The highest BCUT2D eigenvalue weighted by molar-refractivity contribution is 5.84. The molecule has 1 atom stereocenters. The average molecular weight is 289 g/mol. The van der Waals surface area contributed by atoms with Gasteiger partial charge in [-0.2, -0.15) is 0 Å². The molecule has 4 rings (SSSR count). The van der Waals surface area contributed by atoms with Crippen LogP contribution in [0.4, 0.5) is 5.69 Å². The van der Waals surface area contributed by atoms with Crippen LogP contribution in [0.15, 0.2) is 60.8 Å². The summed E-state index contributed by atoms with van der Waals surface area (Å²) in [7, 11) is 2.11. The summed E-state index contributed by atoms with van der Waals surface area (Å²) in [6, 6.07) is 17.2. The summed E-state index contributed by atoms with van der Waals surface area (Å²) in [5, 5.41) is 1.34. The molecule has 0 spiro atoms. The molecule has 0 fully saturated rings. The number of aromatic nitrogens is 1. The van der Waals surface area contributed by atoms with E-state index in [1.807, 2.05) is 6.07 Å². The Morgan fingerprint density at radius 2 is 1.86 bits per heavy atom. The number of rotatable bonds is 2. The summed E-state index contributed by atoms with van der Waals surface area (Å²) >= 11 is 0. The SMILES string of the molecule is Cn1cc(CC2C=Cc3ccccc3NN2)c2ccccc21. The highest BCUT2D eigenvalue weighted by atomic mass is 15.4. The highest BCUT2D eigenvalue weighted by Gasteiger charge is 2.13. The molecule has 2 N–H and O–H groups in total. The Bertz CT molecular complexity index is 845. The van der Waals surface area contributed by atoms with E-state index in [0.29, 0.717) is 0 Å². The minimum atomic E-state index is 0.262. The lowest BCUT2D eigenvalue weighted by Gasteiger charge is -2.14. The standard InChI is InChI=1S/C19H19N3/c1-22-13-15(17-7-3-5-9-19(17)22)12-16-11-10-14-6-2-4-8-18(14)21-20-16/h2-11,13,16,20-21H,12H2,1H3. The van der Waals surface area contributed by atoms with Crippen molar-refractivity contribution >= 4 is 22.7 Å². The Hall–Kier alpha value is -2.52. The van der Waals surface area contributed by atoms with Crippen molar-refractivity contribution in [3.05, 3.63) is 71.9 Å². The Morgan fingerprint density at radius 3 is 2.82 bits per heavy atom. The van der Waals surface area contributed by atoms with Crippen LogP contribution in [0.5, 0.6) is 0 Å². The van der Waals surface area contributed by atoms with E-state index in [4.69, 9.17) is 0 Å². The van der Waals surface area contributed by atoms with Crippen molar-refractivity contribution in [2.45, 2.75) is 12.5 Å². The minimum absolute atomic E-state index is 0.262. The number of hydrazine groups is 1. The van der Waals surface area contributed by atoms with E-state index in [1.54, 1.807) is 0 Å². The maximum Gasteiger partial charge on any atom is 0.0560 e. The topological polar surface area (TPSA) is 29.0 Å². The summed E-state index contributed by atoms with van der Waals surface area (Å²) in [5.41, 5.74) is 11.7. The summed E-state index contributed by atoms with van der Waals surface area (Å²) in [4.78, 5) is 0. The molecule has 1 aliphatic rings. The first-order valence-electron chi connectivity index (χ1n) is 7.63. The molecule has 0 amide bonds. The monoisotopic (exact) mass is 289 g/mol. The lowest BCUT2D eigenvalue weighted by atomic mass is 10.0. The van der Waals surface area contributed by atoms with Crippen molar-refractivity contribution in [3.63, 3.8) is 0 Å². The summed E-state index contributed by atoms with van der Waals surface area (Å²) < 4.78 is 2.20. The first kappa shape index (κ1) is 13.2. The van der Waals surface area contributed by atoms with Crippen molar-refractivity contribution in [2.75, 3.05) is 5.43 Å². The number of benzene rings is 2. The second-order valence-corrected chi connectivity index (χ2v) is 5.81. The van der Waals surface area contributed by atoms with Crippen LogP contribution in [-0.4, -0.2) is 10.6 Å². The molecule has 1 aliphatic heterocycles. The third-order valence-electron chi connectivity index (χ3n) is 4.28. The fourth-order valence-corrected chi connectivity index (χ4v) is 3.14. The quantitative estimate of drug-likeness (QED) is 0.752. The fraction of sp³-hybridized carbons (Fsp3) is 0.158. The number of hydrogen-bond donors (Lipinski definition) is 2. The van der Waals surface area contributed by atoms with Gasteiger partial charge < -0.3 is 9.99 Å². The predicted molar refractivity (Wildman–Crippen MR) is 92.6 cm³/mol. The van der Waals surface area contributed by atoms with Crippen LogP contribution >= 0.6 is 0 Å². The number of para-hydroxylation sites is 2. The van der Waals surface area contributed by atoms with Crippen LogP contribution in [-0.2, 0) is 13.5 Å². The van der Waals surface area contributed by atoms with E-state index < -0.39 is 0 Å². The second kappa shape index (κ2) is 5.35. The van der Waals surface area contributed by atoms with E-state index >= 15 is 0 Å². The van der Waals surface area contributed by atoms with Crippen LogP contribution in [0.1, 0.15) is 11.1 Å². The number of anilines is 1. The summed E-state index contributed by atoms with van der Waals surface area (Å²) in [5.74, 6) is 0. The molecule has 0 saturated heterocycles. The zero-order valence-corrected chi connectivity index (χ0v) is 12.6. The molecule has 22 heavy (non-hydrogen) atoms. The van der Waals surface area contributed by atoms with Gasteiger partial charge in [0.2, 0.25) is 0 Å². The lowest BCUT2D eigenvalue weighted by Crippen LogP contribution is -2.33. The molecule has 2 heterocycles. The Labute approximate surface area is 130 Å². The van der Waals surface area contributed by atoms with Crippen LogP contribution in [0.25, 0.3) is 17.0 Å². The second-order valence-electron chi connectivity index (χ2n) is 5.81. The molecule has 0 saturated carbocycles. The molecule has 1 aromatic heterocycles. The molecule has 3 nitrogen and oxygen atoms in total. The van der Waals surface area contributed by atoms with Gasteiger partial charge in [-0.05, 0) is 29.7 Å². The van der Waals surface area contributed by atoms with Gasteiger partial charge >= 0.3 is 0 Å². The number of nitrogens with zero attached hydrogens (tertiary/aromatic N) is 1. The Morgan fingerprint density at radius 1 is 1.05 bits per heavy atom. The van der Waals surface area contributed by atoms with E-state index in [0.717, 1.165) is 12.1 Å². The van der Waals surface area contributed by atoms with Gasteiger partial charge in [-0.15, -0.1) is 0 Å². The van der Waals surface area contributed by atoms with Crippen molar-refractivity contribution in [1.82, 2.24) is 9.99 Å². The van der Waals surface area contributed by atoms with Gasteiger partial charge in [0.15, 0.2) is 0 Å². The molecule has 110 valence electrons. The molecule has 2 aromatic carbocycles. The normalized spacial score (nSPS) is 17.0. The molecule has 1 unspecified atom stereocenters. The smallest absolute Gasteiger partial charge is 0.0560 e. The minimum Gasteiger partial charge on any atom is -0.350 e. The fourth-order valence-electron chi connectivity index (χ4n) is 3.14. The van der Waals surface area contributed by atoms with E-state index in [1.165, 1.54) is 22.0 Å². The first-order valence-corrected chi connectivity index (χ1v) is 7.63. The molecule has 3 heteroatoms. The first-order chi connectivity index (χ1) is 10.8.